The first-order valence-corrected chi connectivity index (χ1v) is 5.24. The fourth-order valence-electron chi connectivity index (χ4n) is 1.22. The molecule has 8 heteroatoms. The van der Waals surface area contributed by atoms with Crippen molar-refractivity contribution in [2.45, 2.75) is 26.4 Å². The third kappa shape index (κ3) is 3.87. The molecule has 0 atom stereocenters. The zero-order valence-electron chi connectivity index (χ0n) is 10.5. The first-order chi connectivity index (χ1) is 8.61. The highest BCUT2D eigenvalue weighted by Crippen LogP contribution is 2.29. The number of anilines is 1. The predicted octanol–water partition coefficient (Wildman–Crippen LogP) is 3.22. The van der Waals surface area contributed by atoms with Crippen molar-refractivity contribution in [2.24, 2.45) is 0 Å². The van der Waals surface area contributed by atoms with E-state index in [9.17, 15) is 23.7 Å². The van der Waals surface area contributed by atoms with E-state index in [0.717, 1.165) is 6.07 Å². The number of halogens is 2. The zero-order chi connectivity index (χ0) is 14.8. The average molecular weight is 274 g/mol. The molecule has 0 aliphatic heterocycles. The van der Waals surface area contributed by atoms with Crippen LogP contribution in [0.15, 0.2) is 12.1 Å². The molecule has 0 unspecified atom stereocenters. The van der Waals surface area contributed by atoms with Gasteiger partial charge in [-0.2, -0.15) is 0 Å². The van der Waals surface area contributed by atoms with E-state index in [1.54, 1.807) is 20.8 Å². The van der Waals surface area contributed by atoms with Gasteiger partial charge in [-0.25, -0.2) is 13.6 Å². The lowest BCUT2D eigenvalue weighted by Crippen LogP contribution is -2.27. The molecule has 1 rings (SSSR count). The Balaban J connectivity index is 3.09. The number of hydrogen-bond acceptors (Lipinski definition) is 4. The number of benzene rings is 1. The summed E-state index contributed by atoms with van der Waals surface area (Å²) in [7, 11) is 0. The normalized spacial score (nSPS) is 11.0. The molecular formula is C11H12F2N2O4. The summed E-state index contributed by atoms with van der Waals surface area (Å²) < 4.78 is 31.3. The van der Waals surface area contributed by atoms with Crippen LogP contribution in [0.1, 0.15) is 20.8 Å². The molecule has 0 radical (unpaired) electrons. The quantitative estimate of drug-likeness (QED) is 0.663. The molecule has 0 aliphatic rings. The van der Waals surface area contributed by atoms with Crippen LogP contribution in [0.25, 0.3) is 0 Å². The summed E-state index contributed by atoms with van der Waals surface area (Å²) in [6, 6.07) is 1.36. The van der Waals surface area contributed by atoms with Crippen LogP contribution >= 0.6 is 0 Å². The molecule has 104 valence electrons. The van der Waals surface area contributed by atoms with Gasteiger partial charge in [-0.15, -0.1) is 0 Å². The largest absolute Gasteiger partial charge is 0.444 e. The Bertz CT molecular complexity index is 526. The van der Waals surface area contributed by atoms with Gasteiger partial charge in [0.05, 0.1) is 4.92 Å². The molecule has 6 nitrogen and oxygen atoms in total. The number of hydrogen-bond donors (Lipinski definition) is 1. The molecule has 1 amide bonds. The van der Waals surface area contributed by atoms with Crippen LogP contribution in [0.3, 0.4) is 0 Å². The van der Waals surface area contributed by atoms with Gasteiger partial charge in [0, 0.05) is 6.07 Å². The van der Waals surface area contributed by atoms with Crippen molar-refractivity contribution in [3.63, 3.8) is 0 Å². The minimum Gasteiger partial charge on any atom is -0.444 e. The Morgan fingerprint density at radius 1 is 1.37 bits per heavy atom. The molecule has 1 aromatic rings. The van der Waals surface area contributed by atoms with Gasteiger partial charge in [-0.3, -0.25) is 15.4 Å². The summed E-state index contributed by atoms with van der Waals surface area (Å²) in [5, 5.41) is 12.5. The van der Waals surface area contributed by atoms with Gasteiger partial charge in [0.2, 0.25) is 0 Å². The summed E-state index contributed by atoms with van der Waals surface area (Å²) in [5.74, 6) is -2.82. The maximum Gasteiger partial charge on any atom is 0.412 e. The second-order valence-electron chi connectivity index (χ2n) is 4.64. The SMILES string of the molecule is CC(C)(C)OC(=O)Nc1c([N+](=O)[O-])ccc(F)c1F. The summed E-state index contributed by atoms with van der Waals surface area (Å²) in [6.45, 7) is 4.68. The fraction of sp³-hybridized carbons (Fsp3) is 0.364. The van der Waals surface area contributed by atoms with Crippen LogP contribution in [-0.2, 0) is 4.74 Å². The number of nitrogens with zero attached hydrogens (tertiary/aromatic N) is 1. The predicted molar refractivity (Wildman–Crippen MR) is 62.9 cm³/mol. The van der Waals surface area contributed by atoms with E-state index >= 15 is 0 Å². The minimum atomic E-state index is -1.51. The van der Waals surface area contributed by atoms with Crippen molar-refractivity contribution in [2.75, 3.05) is 5.32 Å². The third-order valence-corrected chi connectivity index (χ3v) is 1.90. The lowest BCUT2D eigenvalue weighted by atomic mass is 10.2. The van der Waals surface area contributed by atoms with Crippen LogP contribution in [0.2, 0.25) is 0 Å². The van der Waals surface area contributed by atoms with E-state index in [1.807, 2.05) is 5.32 Å². The van der Waals surface area contributed by atoms with Gasteiger partial charge >= 0.3 is 6.09 Å². The topological polar surface area (TPSA) is 81.5 Å². The van der Waals surface area contributed by atoms with Crippen molar-refractivity contribution < 1.29 is 23.2 Å². The lowest BCUT2D eigenvalue weighted by molar-refractivity contribution is -0.384. The molecular weight excluding hydrogens is 262 g/mol. The zero-order valence-corrected chi connectivity index (χ0v) is 10.5. The van der Waals surface area contributed by atoms with Crippen LogP contribution in [0.4, 0.5) is 25.0 Å². The Hall–Kier alpha value is -2.25. The van der Waals surface area contributed by atoms with Gasteiger partial charge in [-0.05, 0) is 26.8 Å². The summed E-state index contributed by atoms with van der Waals surface area (Å²) >= 11 is 0. The van der Waals surface area contributed by atoms with Crippen molar-refractivity contribution in [1.29, 1.82) is 0 Å². The van der Waals surface area contributed by atoms with E-state index in [1.165, 1.54) is 0 Å². The van der Waals surface area contributed by atoms with Gasteiger partial charge in [-0.1, -0.05) is 0 Å². The van der Waals surface area contributed by atoms with Crippen molar-refractivity contribution in [1.82, 2.24) is 0 Å². The number of ether oxygens (including phenoxy) is 1. The molecule has 0 aliphatic carbocycles. The van der Waals surface area contributed by atoms with E-state index in [0.29, 0.717) is 6.07 Å². The Morgan fingerprint density at radius 2 is 1.95 bits per heavy atom. The molecule has 19 heavy (non-hydrogen) atoms. The Morgan fingerprint density at radius 3 is 2.42 bits per heavy atom. The van der Waals surface area contributed by atoms with E-state index in [2.05, 4.69) is 0 Å². The van der Waals surface area contributed by atoms with Gasteiger partial charge < -0.3 is 4.74 Å². The van der Waals surface area contributed by atoms with Crippen LogP contribution in [0.5, 0.6) is 0 Å². The molecule has 0 bridgehead atoms. The fourth-order valence-corrected chi connectivity index (χ4v) is 1.22. The summed E-state index contributed by atoms with van der Waals surface area (Å²) in [6.07, 6.45) is -1.11. The first-order valence-electron chi connectivity index (χ1n) is 5.24. The summed E-state index contributed by atoms with van der Waals surface area (Å²) in [4.78, 5) is 21.2. The molecule has 0 spiro atoms. The van der Waals surface area contributed by atoms with Crippen molar-refractivity contribution in [3.05, 3.63) is 33.9 Å². The number of nitrogens with one attached hydrogen (secondary N) is 1. The third-order valence-electron chi connectivity index (χ3n) is 1.90. The lowest BCUT2D eigenvalue weighted by Gasteiger charge is -2.19. The molecule has 0 fully saturated rings. The van der Waals surface area contributed by atoms with E-state index < -0.39 is 39.6 Å². The van der Waals surface area contributed by atoms with Gasteiger partial charge in [0.15, 0.2) is 17.3 Å². The molecule has 0 saturated heterocycles. The highest BCUT2D eigenvalue weighted by molar-refractivity contribution is 5.88. The number of carbonyl (C=O) groups is 1. The second-order valence-corrected chi connectivity index (χ2v) is 4.64. The molecule has 0 saturated carbocycles. The molecule has 0 heterocycles. The number of nitro benzene ring substituents is 1. The summed E-state index contributed by atoms with van der Waals surface area (Å²) in [5.41, 5.74) is -2.49. The van der Waals surface area contributed by atoms with E-state index in [4.69, 9.17) is 4.74 Å². The Labute approximate surface area is 107 Å². The van der Waals surface area contributed by atoms with Crippen molar-refractivity contribution >= 4 is 17.5 Å². The molecule has 1 N–H and O–H groups in total. The maximum absolute atomic E-state index is 13.5. The number of rotatable bonds is 2. The maximum atomic E-state index is 13.5. The second kappa shape index (κ2) is 5.17. The van der Waals surface area contributed by atoms with E-state index in [-0.39, 0.29) is 0 Å². The number of amides is 1. The first kappa shape index (κ1) is 14.8. The number of nitro groups is 1. The Kier molecular flexibility index (Phi) is 4.03. The smallest absolute Gasteiger partial charge is 0.412 e. The number of carbonyl (C=O) groups excluding carboxylic acids is 1. The van der Waals surface area contributed by atoms with Gasteiger partial charge in [0.25, 0.3) is 5.69 Å². The highest BCUT2D eigenvalue weighted by Gasteiger charge is 2.25. The minimum absolute atomic E-state index is 0.605. The average Bonchev–Trinajstić information content (AvgIpc) is 2.21. The monoisotopic (exact) mass is 274 g/mol. The highest BCUT2D eigenvalue weighted by atomic mass is 19.2. The van der Waals surface area contributed by atoms with Crippen LogP contribution < -0.4 is 5.32 Å². The van der Waals surface area contributed by atoms with Crippen molar-refractivity contribution in [3.8, 4) is 0 Å². The standard InChI is InChI=1S/C11H12F2N2O4/c1-11(2,3)19-10(16)14-9-7(15(17)18)5-4-6(12)8(9)13/h4-5H,1-3H3,(H,14,16). The molecule has 0 aromatic heterocycles. The van der Waals surface area contributed by atoms with Crippen LogP contribution in [0, 0.1) is 21.7 Å². The molecule has 1 aromatic carbocycles. The van der Waals surface area contributed by atoms with Crippen LogP contribution in [-0.4, -0.2) is 16.6 Å². The van der Waals surface area contributed by atoms with Gasteiger partial charge in [0.1, 0.15) is 5.60 Å².